The Morgan fingerprint density at radius 3 is 2.85 bits per heavy atom. The molecular formula is C15H19BrN3O+. The maximum Gasteiger partial charge on any atom is 0.155 e. The summed E-state index contributed by atoms with van der Waals surface area (Å²) in [6, 6.07) is 7.19. The standard InChI is InChI=1S/C15H18BrN3O/c1-20-12-3-2-10(8-11(12)16)14-15-13(17-18-14)9-4-6-19(15)7-5-9/h2-3,8-9,14-15,18H,4-7H2,1H3/p+1/t14-,15-/m1/s1. The molecule has 0 aromatic heterocycles. The molecule has 3 saturated heterocycles. The van der Waals surface area contributed by atoms with E-state index in [4.69, 9.17) is 4.74 Å². The minimum Gasteiger partial charge on any atom is -0.496 e. The highest BCUT2D eigenvalue weighted by molar-refractivity contribution is 9.10. The first kappa shape index (κ1) is 12.7. The van der Waals surface area contributed by atoms with Gasteiger partial charge in [0.15, 0.2) is 6.04 Å². The van der Waals surface area contributed by atoms with Crippen LogP contribution < -0.4 is 15.1 Å². The second kappa shape index (κ2) is 4.74. The topological polar surface area (TPSA) is 38.1 Å². The highest BCUT2D eigenvalue weighted by Crippen LogP contribution is 2.33. The molecule has 2 N–H and O–H groups in total. The van der Waals surface area contributed by atoms with Gasteiger partial charge in [-0.25, -0.2) is 0 Å². The predicted molar refractivity (Wildman–Crippen MR) is 81.2 cm³/mol. The van der Waals surface area contributed by atoms with Gasteiger partial charge in [0.05, 0.1) is 24.7 Å². The van der Waals surface area contributed by atoms with E-state index in [9.17, 15) is 0 Å². The van der Waals surface area contributed by atoms with E-state index in [2.05, 4.69) is 38.6 Å². The number of piperidine rings is 3. The lowest BCUT2D eigenvalue weighted by atomic mass is 9.78. The van der Waals surface area contributed by atoms with Crippen molar-refractivity contribution in [1.29, 1.82) is 0 Å². The van der Waals surface area contributed by atoms with Crippen molar-refractivity contribution >= 4 is 21.6 Å². The zero-order valence-electron chi connectivity index (χ0n) is 11.5. The Morgan fingerprint density at radius 2 is 2.15 bits per heavy atom. The Labute approximate surface area is 127 Å². The average Bonchev–Trinajstić information content (AvgIpc) is 2.95. The largest absolute Gasteiger partial charge is 0.496 e. The molecule has 4 heterocycles. The predicted octanol–water partition coefficient (Wildman–Crippen LogP) is 1.14. The van der Waals surface area contributed by atoms with Crippen molar-refractivity contribution in [2.45, 2.75) is 24.9 Å². The van der Waals surface area contributed by atoms with Gasteiger partial charge in [-0.2, -0.15) is 5.10 Å². The third-order valence-electron chi connectivity index (χ3n) is 5.01. The summed E-state index contributed by atoms with van der Waals surface area (Å²) in [7, 11) is 1.70. The van der Waals surface area contributed by atoms with E-state index in [0.717, 1.165) is 16.1 Å². The Hall–Kier alpha value is -1.07. The Bertz CT molecular complexity index is 566. The number of ether oxygens (including phenoxy) is 1. The summed E-state index contributed by atoms with van der Waals surface area (Å²) in [6.07, 6.45) is 2.62. The summed E-state index contributed by atoms with van der Waals surface area (Å²) in [5.41, 5.74) is 6.09. The molecule has 4 aliphatic heterocycles. The maximum absolute atomic E-state index is 5.32. The third kappa shape index (κ3) is 1.79. The number of hydrogen-bond donors (Lipinski definition) is 2. The van der Waals surface area contributed by atoms with Gasteiger partial charge in [0.25, 0.3) is 0 Å². The van der Waals surface area contributed by atoms with Crippen molar-refractivity contribution in [2.75, 3.05) is 20.2 Å². The van der Waals surface area contributed by atoms with E-state index in [1.165, 1.54) is 37.2 Å². The van der Waals surface area contributed by atoms with E-state index >= 15 is 0 Å². The number of methoxy groups -OCH3 is 1. The van der Waals surface area contributed by atoms with Crippen molar-refractivity contribution in [3.8, 4) is 5.75 Å². The molecule has 5 heteroatoms. The molecule has 4 nitrogen and oxygen atoms in total. The summed E-state index contributed by atoms with van der Waals surface area (Å²) in [6.45, 7) is 2.59. The quantitative estimate of drug-likeness (QED) is 0.849. The number of nitrogens with one attached hydrogen (secondary N) is 2. The van der Waals surface area contributed by atoms with Gasteiger partial charge < -0.3 is 9.64 Å². The number of hydrazone groups is 1. The highest BCUT2D eigenvalue weighted by atomic mass is 79.9. The van der Waals surface area contributed by atoms with Crippen molar-refractivity contribution in [1.82, 2.24) is 5.43 Å². The van der Waals surface area contributed by atoms with E-state index in [-0.39, 0.29) is 0 Å². The molecule has 3 fully saturated rings. The van der Waals surface area contributed by atoms with Crippen LogP contribution >= 0.6 is 15.9 Å². The van der Waals surface area contributed by atoms with Crippen LogP contribution in [0.5, 0.6) is 5.75 Å². The SMILES string of the molecule is COc1ccc([C@H]2NN=C3C4CC[NH+](CC4)[C@H]32)cc1Br. The van der Waals surface area contributed by atoms with Crippen LogP contribution in [0.4, 0.5) is 0 Å². The summed E-state index contributed by atoms with van der Waals surface area (Å²) in [5.74, 6) is 1.60. The minimum absolute atomic E-state index is 0.310. The van der Waals surface area contributed by atoms with Gasteiger partial charge in [-0.1, -0.05) is 6.07 Å². The van der Waals surface area contributed by atoms with Gasteiger partial charge in [0.2, 0.25) is 0 Å². The van der Waals surface area contributed by atoms with E-state index < -0.39 is 0 Å². The molecule has 1 aromatic carbocycles. The molecule has 5 rings (SSSR count). The number of benzene rings is 1. The second-order valence-corrected chi connectivity index (χ2v) is 6.80. The molecule has 0 radical (unpaired) electrons. The van der Waals surface area contributed by atoms with E-state index in [0.29, 0.717) is 12.1 Å². The van der Waals surface area contributed by atoms with Crippen LogP contribution in [0.1, 0.15) is 24.4 Å². The fraction of sp³-hybridized carbons (Fsp3) is 0.533. The normalized spacial score (nSPS) is 34.4. The number of rotatable bonds is 2. The minimum atomic E-state index is 0.310. The van der Waals surface area contributed by atoms with Crippen molar-refractivity contribution < 1.29 is 9.64 Å². The van der Waals surface area contributed by atoms with Gasteiger partial charge in [-0.3, -0.25) is 5.43 Å². The zero-order chi connectivity index (χ0) is 13.7. The van der Waals surface area contributed by atoms with Crippen LogP contribution in [-0.4, -0.2) is 32.0 Å². The zero-order valence-corrected chi connectivity index (χ0v) is 13.1. The molecule has 4 aliphatic rings. The first-order valence-corrected chi connectivity index (χ1v) is 8.08. The van der Waals surface area contributed by atoms with Crippen molar-refractivity contribution in [3.63, 3.8) is 0 Å². The molecule has 0 unspecified atom stereocenters. The molecule has 2 bridgehead atoms. The van der Waals surface area contributed by atoms with Crippen LogP contribution in [0.15, 0.2) is 27.8 Å². The molecule has 2 atom stereocenters. The van der Waals surface area contributed by atoms with Crippen LogP contribution in [0, 0.1) is 5.92 Å². The molecule has 20 heavy (non-hydrogen) atoms. The summed E-state index contributed by atoms with van der Waals surface area (Å²) in [5, 5.41) is 4.67. The van der Waals surface area contributed by atoms with Gasteiger partial charge >= 0.3 is 0 Å². The monoisotopic (exact) mass is 336 g/mol. The number of quaternary nitrogens is 1. The molecule has 0 spiro atoms. The van der Waals surface area contributed by atoms with Gasteiger partial charge in [-0.05, 0) is 33.6 Å². The molecule has 1 aromatic rings. The summed E-state index contributed by atoms with van der Waals surface area (Å²) >= 11 is 3.59. The summed E-state index contributed by atoms with van der Waals surface area (Å²) in [4.78, 5) is 1.70. The Balaban J connectivity index is 1.66. The van der Waals surface area contributed by atoms with E-state index in [1.807, 2.05) is 6.07 Å². The fourth-order valence-corrected chi connectivity index (χ4v) is 4.55. The number of fused-ring (bicyclic) bond motifs is 2. The number of hydrogen-bond acceptors (Lipinski definition) is 3. The van der Waals surface area contributed by atoms with Crippen LogP contribution in [0.3, 0.4) is 0 Å². The molecular weight excluding hydrogens is 318 g/mol. The molecule has 106 valence electrons. The lowest BCUT2D eigenvalue weighted by Crippen LogP contribution is -3.20. The lowest BCUT2D eigenvalue weighted by Gasteiger charge is -2.42. The van der Waals surface area contributed by atoms with Crippen molar-refractivity contribution in [3.05, 3.63) is 28.2 Å². The van der Waals surface area contributed by atoms with Crippen LogP contribution in [-0.2, 0) is 0 Å². The average molecular weight is 337 g/mol. The molecule has 0 amide bonds. The Kier molecular flexibility index (Phi) is 3.00. The van der Waals surface area contributed by atoms with Crippen molar-refractivity contribution in [2.24, 2.45) is 11.0 Å². The molecule has 0 saturated carbocycles. The maximum atomic E-state index is 5.32. The van der Waals surface area contributed by atoms with Gasteiger partial charge in [0.1, 0.15) is 17.5 Å². The first-order chi connectivity index (χ1) is 9.78. The fourth-order valence-electron chi connectivity index (χ4n) is 3.99. The van der Waals surface area contributed by atoms with Crippen LogP contribution in [0.2, 0.25) is 0 Å². The summed E-state index contributed by atoms with van der Waals surface area (Å²) < 4.78 is 6.33. The van der Waals surface area contributed by atoms with Crippen LogP contribution in [0.25, 0.3) is 0 Å². The van der Waals surface area contributed by atoms with Gasteiger partial charge in [0, 0.05) is 18.8 Å². The second-order valence-electron chi connectivity index (χ2n) is 5.95. The third-order valence-corrected chi connectivity index (χ3v) is 5.63. The Morgan fingerprint density at radius 1 is 1.35 bits per heavy atom. The highest BCUT2D eigenvalue weighted by Gasteiger charge is 2.50. The first-order valence-electron chi connectivity index (χ1n) is 7.29. The number of halogens is 1. The lowest BCUT2D eigenvalue weighted by molar-refractivity contribution is -0.927. The smallest absolute Gasteiger partial charge is 0.155 e. The van der Waals surface area contributed by atoms with E-state index in [1.54, 1.807) is 12.0 Å². The molecule has 0 aliphatic carbocycles. The number of nitrogens with zero attached hydrogens (tertiary/aromatic N) is 1. The van der Waals surface area contributed by atoms with Gasteiger partial charge in [-0.15, -0.1) is 0 Å².